The van der Waals surface area contributed by atoms with Gasteiger partial charge in [0.2, 0.25) is 5.91 Å². The zero-order valence-electron chi connectivity index (χ0n) is 17.1. The molecule has 3 saturated heterocycles. The van der Waals surface area contributed by atoms with Gasteiger partial charge in [0.05, 0.1) is 25.8 Å². The number of benzene rings is 1. The van der Waals surface area contributed by atoms with Crippen molar-refractivity contribution in [1.82, 2.24) is 20.1 Å². The number of amides is 1. The number of methoxy groups -OCH3 is 1. The maximum absolute atomic E-state index is 12.1. The van der Waals surface area contributed by atoms with Crippen LogP contribution in [0.25, 0.3) is 10.9 Å². The molecule has 4 heterocycles. The normalized spacial score (nSPS) is 27.0. The molecule has 1 spiro atoms. The first-order valence-electron chi connectivity index (χ1n) is 10.6. The Labute approximate surface area is 171 Å². The zero-order valence-corrected chi connectivity index (χ0v) is 17.1. The number of hydrogen-bond donors (Lipinski definition) is 2. The number of carbonyl (C=O) groups excluding carboxylic acids is 1. The van der Waals surface area contributed by atoms with Gasteiger partial charge in [-0.2, -0.15) is 0 Å². The predicted molar refractivity (Wildman–Crippen MR) is 111 cm³/mol. The number of nitrogens with one attached hydrogen (secondary N) is 2. The Morgan fingerprint density at radius 3 is 2.93 bits per heavy atom. The van der Waals surface area contributed by atoms with Crippen LogP contribution in [0.1, 0.15) is 24.8 Å². The summed E-state index contributed by atoms with van der Waals surface area (Å²) in [7, 11) is 1.71. The number of aromatic nitrogens is 1. The van der Waals surface area contributed by atoms with Gasteiger partial charge in [-0.05, 0) is 56.1 Å². The van der Waals surface area contributed by atoms with Crippen LogP contribution in [0.4, 0.5) is 0 Å². The number of ether oxygens (including phenoxy) is 2. The number of fused-ring (bicyclic) bond motifs is 1. The molecule has 0 saturated carbocycles. The third kappa shape index (κ3) is 3.52. The number of nitrogens with zero attached hydrogens (tertiary/aromatic N) is 2. The molecule has 0 bridgehead atoms. The van der Waals surface area contributed by atoms with Crippen LogP contribution in [0, 0.1) is 0 Å². The van der Waals surface area contributed by atoms with E-state index in [4.69, 9.17) is 9.47 Å². The molecule has 2 aromatic rings. The lowest BCUT2D eigenvalue weighted by atomic mass is 9.89. The van der Waals surface area contributed by atoms with Gasteiger partial charge in [0.25, 0.3) is 0 Å². The molecule has 3 aliphatic rings. The van der Waals surface area contributed by atoms with Gasteiger partial charge in [-0.25, -0.2) is 0 Å². The standard InChI is InChI=1S/C22H30N4O3/c1-28-18-2-3-20-19(10-18)16(11-23-20)12-25-7-4-17(5-8-25)26-13-21(27)24-14-22(26)6-9-29-15-22/h2-3,10-11,17,23H,4-9,12-15H2,1H3,(H,24,27). The predicted octanol–water partition coefficient (Wildman–Crippen LogP) is 1.73. The van der Waals surface area contributed by atoms with E-state index in [1.165, 1.54) is 10.9 Å². The Balaban J connectivity index is 1.25. The molecule has 3 fully saturated rings. The molecule has 7 nitrogen and oxygen atoms in total. The van der Waals surface area contributed by atoms with Crippen LogP contribution in [0.5, 0.6) is 5.75 Å². The molecule has 1 unspecified atom stereocenters. The van der Waals surface area contributed by atoms with E-state index in [-0.39, 0.29) is 11.4 Å². The van der Waals surface area contributed by atoms with Crippen molar-refractivity contribution in [3.63, 3.8) is 0 Å². The summed E-state index contributed by atoms with van der Waals surface area (Å²) in [5, 5.41) is 4.30. The monoisotopic (exact) mass is 398 g/mol. The highest BCUT2D eigenvalue weighted by molar-refractivity contribution is 5.84. The molecule has 156 valence electrons. The van der Waals surface area contributed by atoms with E-state index in [1.807, 2.05) is 6.07 Å². The second-order valence-corrected chi connectivity index (χ2v) is 8.66. The van der Waals surface area contributed by atoms with Crippen LogP contribution in [0.2, 0.25) is 0 Å². The summed E-state index contributed by atoms with van der Waals surface area (Å²) in [6.07, 6.45) is 5.34. The van der Waals surface area contributed by atoms with E-state index in [1.54, 1.807) is 7.11 Å². The first kappa shape index (κ1) is 18.9. The van der Waals surface area contributed by atoms with Crippen LogP contribution in [-0.2, 0) is 16.1 Å². The van der Waals surface area contributed by atoms with Gasteiger partial charge in [-0.3, -0.25) is 14.6 Å². The molecule has 29 heavy (non-hydrogen) atoms. The Morgan fingerprint density at radius 2 is 2.17 bits per heavy atom. The number of H-pyrrole nitrogens is 1. The maximum atomic E-state index is 12.1. The van der Waals surface area contributed by atoms with Crippen LogP contribution < -0.4 is 10.1 Å². The minimum Gasteiger partial charge on any atom is -0.497 e. The van der Waals surface area contributed by atoms with Gasteiger partial charge < -0.3 is 19.8 Å². The number of likely N-dealkylation sites (tertiary alicyclic amines) is 1. The van der Waals surface area contributed by atoms with Crippen molar-refractivity contribution in [3.05, 3.63) is 30.0 Å². The Kier molecular flexibility index (Phi) is 4.97. The summed E-state index contributed by atoms with van der Waals surface area (Å²) in [5.74, 6) is 1.04. The lowest BCUT2D eigenvalue weighted by Gasteiger charge is -2.49. The molecular formula is C22H30N4O3. The summed E-state index contributed by atoms with van der Waals surface area (Å²) in [5.41, 5.74) is 2.47. The molecule has 5 rings (SSSR count). The van der Waals surface area contributed by atoms with Gasteiger partial charge >= 0.3 is 0 Å². The van der Waals surface area contributed by atoms with Crippen molar-refractivity contribution in [1.29, 1.82) is 0 Å². The third-order valence-corrected chi connectivity index (χ3v) is 6.99. The lowest BCUT2D eigenvalue weighted by molar-refractivity contribution is -0.131. The second kappa shape index (κ2) is 7.63. The molecule has 3 aliphatic heterocycles. The smallest absolute Gasteiger partial charge is 0.234 e. The quantitative estimate of drug-likeness (QED) is 0.821. The van der Waals surface area contributed by atoms with E-state index in [0.29, 0.717) is 12.6 Å². The SMILES string of the molecule is COc1ccc2[nH]cc(CN3CCC(N4CC(=O)NCC45CCOC5)CC3)c2c1. The first-order chi connectivity index (χ1) is 14.2. The topological polar surface area (TPSA) is 69.8 Å². The zero-order chi connectivity index (χ0) is 19.8. The third-order valence-electron chi connectivity index (χ3n) is 6.99. The van der Waals surface area contributed by atoms with E-state index in [2.05, 4.69) is 38.4 Å². The van der Waals surface area contributed by atoms with Gasteiger partial charge in [0, 0.05) is 42.8 Å². The van der Waals surface area contributed by atoms with Crippen molar-refractivity contribution in [2.24, 2.45) is 0 Å². The summed E-state index contributed by atoms with van der Waals surface area (Å²) in [4.78, 5) is 20.5. The summed E-state index contributed by atoms with van der Waals surface area (Å²) in [6.45, 7) is 5.82. The van der Waals surface area contributed by atoms with Crippen LogP contribution >= 0.6 is 0 Å². The summed E-state index contributed by atoms with van der Waals surface area (Å²) in [6, 6.07) is 6.64. The molecule has 0 aliphatic carbocycles. The molecule has 1 aromatic carbocycles. The van der Waals surface area contributed by atoms with Crippen LogP contribution in [-0.4, -0.2) is 78.8 Å². The van der Waals surface area contributed by atoms with E-state index >= 15 is 0 Å². The van der Waals surface area contributed by atoms with E-state index in [9.17, 15) is 4.79 Å². The fourth-order valence-corrected chi connectivity index (χ4v) is 5.27. The molecule has 1 aromatic heterocycles. The highest BCUT2D eigenvalue weighted by Crippen LogP contribution is 2.33. The van der Waals surface area contributed by atoms with Gasteiger partial charge in [-0.15, -0.1) is 0 Å². The fraction of sp³-hybridized carbons (Fsp3) is 0.591. The molecule has 2 N–H and O–H groups in total. The highest BCUT2D eigenvalue weighted by atomic mass is 16.5. The Morgan fingerprint density at radius 1 is 1.31 bits per heavy atom. The average Bonchev–Trinajstić information content (AvgIpc) is 3.38. The number of hydrogen-bond acceptors (Lipinski definition) is 5. The van der Waals surface area contributed by atoms with Crippen molar-refractivity contribution in [2.45, 2.75) is 37.4 Å². The first-order valence-corrected chi connectivity index (χ1v) is 10.6. The Bertz CT molecular complexity index is 881. The summed E-state index contributed by atoms with van der Waals surface area (Å²) >= 11 is 0. The maximum Gasteiger partial charge on any atom is 0.234 e. The molecular weight excluding hydrogens is 368 g/mol. The van der Waals surface area contributed by atoms with Crippen LogP contribution in [0.3, 0.4) is 0 Å². The molecule has 0 radical (unpaired) electrons. The number of rotatable bonds is 4. The van der Waals surface area contributed by atoms with E-state index < -0.39 is 0 Å². The molecule has 1 amide bonds. The minimum absolute atomic E-state index is 0.00808. The second-order valence-electron chi connectivity index (χ2n) is 8.66. The summed E-state index contributed by atoms with van der Waals surface area (Å²) < 4.78 is 11.1. The van der Waals surface area contributed by atoms with Crippen molar-refractivity contribution in [3.8, 4) is 5.75 Å². The van der Waals surface area contributed by atoms with Gasteiger partial charge in [0.15, 0.2) is 0 Å². The van der Waals surface area contributed by atoms with Gasteiger partial charge in [0.1, 0.15) is 5.75 Å². The van der Waals surface area contributed by atoms with Gasteiger partial charge in [-0.1, -0.05) is 0 Å². The number of piperazine rings is 1. The van der Waals surface area contributed by atoms with E-state index in [0.717, 1.165) is 69.9 Å². The van der Waals surface area contributed by atoms with Crippen molar-refractivity contribution >= 4 is 16.8 Å². The highest BCUT2D eigenvalue weighted by Gasteiger charge is 2.47. The molecule has 7 heteroatoms. The number of aromatic amines is 1. The molecule has 1 atom stereocenters. The Hall–Kier alpha value is -2.09. The van der Waals surface area contributed by atoms with Crippen LogP contribution in [0.15, 0.2) is 24.4 Å². The van der Waals surface area contributed by atoms with Crippen molar-refractivity contribution < 1.29 is 14.3 Å². The average molecular weight is 399 g/mol. The van der Waals surface area contributed by atoms with Crippen molar-refractivity contribution in [2.75, 3.05) is 46.5 Å². The lowest BCUT2D eigenvalue weighted by Crippen LogP contribution is -2.67. The minimum atomic E-state index is 0.00808. The fourth-order valence-electron chi connectivity index (χ4n) is 5.27. The number of carbonyl (C=O) groups is 1. The largest absolute Gasteiger partial charge is 0.497 e. The number of piperidine rings is 1.